The Bertz CT molecular complexity index is 230. The predicted octanol–water partition coefficient (Wildman–Crippen LogP) is 2.98. The minimum atomic E-state index is -0.0567. The van der Waals surface area contributed by atoms with Crippen LogP contribution in [0.1, 0.15) is 46.5 Å². The van der Waals surface area contributed by atoms with E-state index in [2.05, 4.69) is 13.8 Å². The van der Waals surface area contributed by atoms with E-state index in [4.69, 9.17) is 14.2 Å². The van der Waals surface area contributed by atoms with Crippen LogP contribution < -0.4 is 0 Å². The maximum atomic E-state index is 6.05. The summed E-state index contributed by atoms with van der Waals surface area (Å²) < 4.78 is 17.3. The molecule has 2 rings (SSSR count). The van der Waals surface area contributed by atoms with E-state index in [1.807, 2.05) is 6.92 Å². The Kier molecular flexibility index (Phi) is 4.45. The van der Waals surface area contributed by atoms with Gasteiger partial charge >= 0.3 is 0 Å². The molecule has 1 aliphatic heterocycles. The third-order valence-corrected chi connectivity index (χ3v) is 4.46. The lowest BCUT2D eigenvalue weighted by molar-refractivity contribution is -0.236. The van der Waals surface area contributed by atoms with Gasteiger partial charge in [-0.25, -0.2) is 0 Å². The standard InChI is InChI=1S/C14H26O3/c1-4-14(9-16-12(3)17-10-14)8-15-11(2)13-6-5-7-13/h11-13H,4-10H2,1-3H3. The predicted molar refractivity (Wildman–Crippen MR) is 66.8 cm³/mol. The van der Waals surface area contributed by atoms with Crippen LogP contribution in [0.3, 0.4) is 0 Å². The Morgan fingerprint density at radius 1 is 1.29 bits per heavy atom. The highest BCUT2D eigenvalue weighted by molar-refractivity contribution is 4.82. The fraction of sp³-hybridized carbons (Fsp3) is 1.00. The van der Waals surface area contributed by atoms with Crippen molar-refractivity contribution in [2.24, 2.45) is 11.3 Å². The van der Waals surface area contributed by atoms with E-state index in [0.29, 0.717) is 6.10 Å². The average Bonchev–Trinajstić information content (AvgIpc) is 2.27. The number of hydrogen-bond acceptors (Lipinski definition) is 3. The summed E-state index contributed by atoms with van der Waals surface area (Å²) in [6.45, 7) is 8.66. The molecule has 1 atom stereocenters. The molecule has 0 amide bonds. The van der Waals surface area contributed by atoms with Crippen LogP contribution in [0.4, 0.5) is 0 Å². The first-order valence-electron chi connectivity index (χ1n) is 7.00. The average molecular weight is 242 g/mol. The summed E-state index contributed by atoms with van der Waals surface area (Å²) in [5, 5.41) is 0. The molecule has 0 aromatic rings. The van der Waals surface area contributed by atoms with Crippen molar-refractivity contribution >= 4 is 0 Å². The number of ether oxygens (including phenoxy) is 3. The van der Waals surface area contributed by atoms with Crippen molar-refractivity contribution in [2.45, 2.75) is 58.8 Å². The first kappa shape index (κ1) is 13.3. The quantitative estimate of drug-likeness (QED) is 0.742. The molecule has 0 aromatic heterocycles. The van der Waals surface area contributed by atoms with Crippen LogP contribution in [0.15, 0.2) is 0 Å². The van der Waals surface area contributed by atoms with Gasteiger partial charge < -0.3 is 14.2 Å². The maximum Gasteiger partial charge on any atom is 0.154 e. The minimum Gasteiger partial charge on any atom is -0.377 e. The molecule has 17 heavy (non-hydrogen) atoms. The molecule has 0 bridgehead atoms. The fourth-order valence-electron chi connectivity index (χ4n) is 2.42. The highest BCUT2D eigenvalue weighted by Crippen LogP contribution is 2.34. The van der Waals surface area contributed by atoms with Gasteiger partial charge in [-0.15, -0.1) is 0 Å². The van der Waals surface area contributed by atoms with E-state index >= 15 is 0 Å². The van der Waals surface area contributed by atoms with Crippen LogP contribution in [0.25, 0.3) is 0 Å². The molecule has 1 heterocycles. The van der Waals surface area contributed by atoms with Gasteiger partial charge in [0.2, 0.25) is 0 Å². The van der Waals surface area contributed by atoms with Crippen molar-refractivity contribution in [3.63, 3.8) is 0 Å². The van der Waals surface area contributed by atoms with Crippen LogP contribution in [0.2, 0.25) is 0 Å². The summed E-state index contributed by atoms with van der Waals surface area (Å²) in [5.74, 6) is 0.785. The van der Waals surface area contributed by atoms with Gasteiger partial charge in [0.1, 0.15) is 0 Å². The van der Waals surface area contributed by atoms with Crippen molar-refractivity contribution in [1.82, 2.24) is 0 Å². The Morgan fingerprint density at radius 2 is 1.94 bits per heavy atom. The topological polar surface area (TPSA) is 27.7 Å². The normalized spacial score (nSPS) is 36.5. The smallest absolute Gasteiger partial charge is 0.154 e. The zero-order chi connectivity index (χ0) is 12.3. The monoisotopic (exact) mass is 242 g/mol. The second-order valence-electron chi connectivity index (χ2n) is 5.75. The van der Waals surface area contributed by atoms with Gasteiger partial charge in [-0.3, -0.25) is 0 Å². The lowest BCUT2D eigenvalue weighted by atomic mass is 9.81. The summed E-state index contributed by atoms with van der Waals surface area (Å²) in [7, 11) is 0. The van der Waals surface area contributed by atoms with E-state index in [1.165, 1.54) is 19.3 Å². The molecular formula is C14H26O3. The minimum absolute atomic E-state index is 0.0567. The Hall–Kier alpha value is -0.120. The van der Waals surface area contributed by atoms with E-state index in [9.17, 15) is 0 Å². The Morgan fingerprint density at radius 3 is 2.41 bits per heavy atom. The maximum absolute atomic E-state index is 6.05. The van der Waals surface area contributed by atoms with Crippen molar-refractivity contribution in [3.8, 4) is 0 Å². The van der Waals surface area contributed by atoms with Gasteiger partial charge in [0, 0.05) is 5.41 Å². The van der Waals surface area contributed by atoms with Crippen LogP contribution >= 0.6 is 0 Å². The lowest BCUT2D eigenvalue weighted by Gasteiger charge is -2.40. The van der Waals surface area contributed by atoms with Crippen molar-refractivity contribution in [1.29, 1.82) is 0 Å². The largest absolute Gasteiger partial charge is 0.377 e. The molecule has 1 aliphatic carbocycles. The lowest BCUT2D eigenvalue weighted by Crippen LogP contribution is -2.45. The number of hydrogen-bond donors (Lipinski definition) is 0. The molecule has 0 radical (unpaired) electrons. The van der Waals surface area contributed by atoms with Crippen molar-refractivity contribution in [2.75, 3.05) is 19.8 Å². The van der Waals surface area contributed by atoms with Crippen LogP contribution in [0, 0.1) is 11.3 Å². The van der Waals surface area contributed by atoms with Crippen LogP contribution in [-0.4, -0.2) is 32.2 Å². The first-order valence-corrected chi connectivity index (χ1v) is 7.00. The highest BCUT2D eigenvalue weighted by atomic mass is 16.7. The van der Waals surface area contributed by atoms with Crippen molar-refractivity contribution < 1.29 is 14.2 Å². The summed E-state index contributed by atoms with van der Waals surface area (Å²) in [6, 6.07) is 0. The van der Waals surface area contributed by atoms with E-state index in [-0.39, 0.29) is 11.7 Å². The van der Waals surface area contributed by atoms with Gasteiger partial charge in [-0.2, -0.15) is 0 Å². The van der Waals surface area contributed by atoms with Gasteiger partial charge in [0.25, 0.3) is 0 Å². The van der Waals surface area contributed by atoms with Gasteiger partial charge in [-0.1, -0.05) is 13.3 Å². The molecule has 3 nitrogen and oxygen atoms in total. The van der Waals surface area contributed by atoms with Crippen LogP contribution in [-0.2, 0) is 14.2 Å². The Balaban J connectivity index is 1.78. The third-order valence-electron chi connectivity index (χ3n) is 4.46. The van der Waals surface area contributed by atoms with Gasteiger partial charge in [0.15, 0.2) is 6.29 Å². The second kappa shape index (κ2) is 5.68. The summed E-state index contributed by atoms with van der Waals surface area (Å²) in [5.41, 5.74) is 0.0739. The third kappa shape index (κ3) is 3.21. The number of rotatable bonds is 5. The second-order valence-corrected chi connectivity index (χ2v) is 5.75. The molecule has 1 unspecified atom stereocenters. The van der Waals surface area contributed by atoms with Crippen LogP contribution in [0.5, 0.6) is 0 Å². The molecular weight excluding hydrogens is 216 g/mol. The molecule has 1 saturated heterocycles. The molecule has 1 saturated carbocycles. The molecule has 100 valence electrons. The molecule has 2 fully saturated rings. The van der Waals surface area contributed by atoms with E-state index in [0.717, 1.165) is 32.2 Å². The highest BCUT2D eigenvalue weighted by Gasteiger charge is 2.36. The zero-order valence-corrected chi connectivity index (χ0v) is 11.4. The summed E-state index contributed by atoms with van der Waals surface area (Å²) in [6.07, 6.45) is 5.44. The molecule has 0 aromatic carbocycles. The van der Waals surface area contributed by atoms with Gasteiger partial charge in [-0.05, 0) is 39.0 Å². The molecule has 3 heteroatoms. The molecule has 2 aliphatic rings. The SMILES string of the molecule is CCC1(COC(C)C2CCC2)COC(C)OC1. The summed E-state index contributed by atoms with van der Waals surface area (Å²) >= 11 is 0. The Labute approximate surface area is 105 Å². The van der Waals surface area contributed by atoms with E-state index in [1.54, 1.807) is 0 Å². The first-order chi connectivity index (χ1) is 8.15. The van der Waals surface area contributed by atoms with Crippen molar-refractivity contribution in [3.05, 3.63) is 0 Å². The molecule has 0 spiro atoms. The zero-order valence-electron chi connectivity index (χ0n) is 11.4. The van der Waals surface area contributed by atoms with Gasteiger partial charge in [0.05, 0.1) is 25.9 Å². The van der Waals surface area contributed by atoms with E-state index < -0.39 is 0 Å². The fourth-order valence-corrected chi connectivity index (χ4v) is 2.42. The molecule has 0 N–H and O–H groups in total. The summed E-state index contributed by atoms with van der Waals surface area (Å²) in [4.78, 5) is 0.